The van der Waals surface area contributed by atoms with E-state index in [1.54, 1.807) is 17.4 Å². The summed E-state index contributed by atoms with van der Waals surface area (Å²) in [4.78, 5) is 5.56. The van der Waals surface area contributed by atoms with Gasteiger partial charge in [0, 0.05) is 17.3 Å². The van der Waals surface area contributed by atoms with Crippen molar-refractivity contribution in [2.24, 2.45) is 5.84 Å². The summed E-state index contributed by atoms with van der Waals surface area (Å²) in [5, 5.41) is 6.19. The molecule has 0 bridgehead atoms. The Morgan fingerprint density at radius 3 is 2.74 bits per heavy atom. The van der Waals surface area contributed by atoms with Crippen molar-refractivity contribution in [3.05, 3.63) is 38.5 Å². The number of pyridine rings is 1. The SMILES string of the molecule is CC(Cc1cccs1)Nc1nc(NN)c(Cl)cc1Cl. The average Bonchev–Trinajstić information content (AvgIpc) is 2.85. The Hall–Kier alpha value is -1.01. The second-order valence-corrected chi connectivity index (χ2v) is 5.97. The van der Waals surface area contributed by atoms with Crippen LogP contribution in [0.5, 0.6) is 0 Å². The number of thiophene rings is 1. The number of anilines is 2. The third-order valence-corrected chi connectivity index (χ3v) is 4.01. The number of rotatable bonds is 5. The van der Waals surface area contributed by atoms with Crippen LogP contribution in [0.25, 0.3) is 0 Å². The lowest BCUT2D eigenvalue weighted by molar-refractivity contribution is 0.795. The first kappa shape index (κ1) is 14.4. The lowest BCUT2D eigenvalue weighted by Gasteiger charge is -2.16. The molecular weight excluding hydrogens is 303 g/mol. The van der Waals surface area contributed by atoms with Crippen molar-refractivity contribution in [1.82, 2.24) is 4.98 Å². The molecule has 0 saturated heterocycles. The predicted molar refractivity (Wildman–Crippen MR) is 83.2 cm³/mol. The number of hydrogen-bond acceptors (Lipinski definition) is 5. The summed E-state index contributed by atoms with van der Waals surface area (Å²) in [5.41, 5.74) is 2.44. The molecule has 0 fully saturated rings. The number of nitrogen functional groups attached to an aromatic ring is 1. The fraction of sp³-hybridized carbons (Fsp3) is 0.250. The van der Waals surface area contributed by atoms with Gasteiger partial charge in [-0.3, -0.25) is 0 Å². The van der Waals surface area contributed by atoms with Gasteiger partial charge in [0.05, 0.1) is 10.0 Å². The van der Waals surface area contributed by atoms with Crippen LogP contribution in [0, 0.1) is 0 Å². The maximum absolute atomic E-state index is 6.11. The van der Waals surface area contributed by atoms with Gasteiger partial charge in [-0.25, -0.2) is 10.8 Å². The summed E-state index contributed by atoms with van der Waals surface area (Å²) in [6, 6.07) is 5.96. The Morgan fingerprint density at radius 2 is 2.11 bits per heavy atom. The molecule has 1 atom stereocenters. The number of nitrogens with zero attached hydrogens (tertiary/aromatic N) is 1. The molecule has 0 aliphatic rings. The van der Waals surface area contributed by atoms with Gasteiger partial charge in [0.15, 0.2) is 5.82 Å². The average molecular weight is 317 g/mol. The van der Waals surface area contributed by atoms with Crippen LogP contribution in [0.15, 0.2) is 23.6 Å². The molecule has 0 spiro atoms. The van der Waals surface area contributed by atoms with Crippen molar-refractivity contribution in [1.29, 1.82) is 0 Å². The highest BCUT2D eigenvalue weighted by atomic mass is 35.5. The third kappa shape index (κ3) is 3.73. The van der Waals surface area contributed by atoms with Crippen molar-refractivity contribution in [3.63, 3.8) is 0 Å². The van der Waals surface area contributed by atoms with Crippen LogP contribution in [0.4, 0.5) is 11.6 Å². The lowest BCUT2D eigenvalue weighted by Crippen LogP contribution is -2.19. The van der Waals surface area contributed by atoms with Crippen LogP contribution < -0.4 is 16.6 Å². The van der Waals surface area contributed by atoms with Gasteiger partial charge in [-0.15, -0.1) is 11.3 Å². The largest absolute Gasteiger partial charge is 0.366 e. The van der Waals surface area contributed by atoms with Crippen molar-refractivity contribution in [2.75, 3.05) is 10.7 Å². The number of nitrogens with two attached hydrogens (primary N) is 1. The fourth-order valence-electron chi connectivity index (χ4n) is 1.68. The molecule has 0 amide bonds. The van der Waals surface area contributed by atoms with Gasteiger partial charge in [0.2, 0.25) is 0 Å². The molecule has 4 nitrogen and oxygen atoms in total. The molecular formula is C12H14Cl2N4S. The van der Waals surface area contributed by atoms with E-state index in [4.69, 9.17) is 29.0 Å². The molecule has 0 aliphatic carbocycles. The van der Waals surface area contributed by atoms with E-state index >= 15 is 0 Å². The minimum absolute atomic E-state index is 0.204. The fourth-order valence-corrected chi connectivity index (χ4v) is 2.99. The Kier molecular flexibility index (Phi) is 4.87. The summed E-state index contributed by atoms with van der Waals surface area (Å²) in [6.45, 7) is 2.07. The molecule has 2 heterocycles. The Morgan fingerprint density at radius 1 is 1.37 bits per heavy atom. The third-order valence-electron chi connectivity index (χ3n) is 2.54. The molecule has 7 heteroatoms. The summed E-state index contributed by atoms with van der Waals surface area (Å²) >= 11 is 13.8. The summed E-state index contributed by atoms with van der Waals surface area (Å²) in [6.07, 6.45) is 0.906. The zero-order chi connectivity index (χ0) is 13.8. The van der Waals surface area contributed by atoms with Crippen LogP contribution in [-0.4, -0.2) is 11.0 Å². The predicted octanol–water partition coefficient (Wildman–Crippen LogP) is 3.78. The Balaban J connectivity index is 2.09. The van der Waals surface area contributed by atoms with Gasteiger partial charge in [-0.2, -0.15) is 0 Å². The molecule has 2 rings (SSSR count). The number of hydrazine groups is 1. The Labute approximate surface area is 125 Å². The minimum atomic E-state index is 0.204. The highest BCUT2D eigenvalue weighted by Crippen LogP contribution is 2.29. The van der Waals surface area contributed by atoms with E-state index in [2.05, 4.69) is 34.1 Å². The number of halogens is 2. The maximum Gasteiger partial charge on any atom is 0.161 e. The van der Waals surface area contributed by atoms with E-state index in [1.807, 2.05) is 6.07 Å². The molecule has 2 aromatic heterocycles. The van der Waals surface area contributed by atoms with Crippen molar-refractivity contribution in [2.45, 2.75) is 19.4 Å². The van der Waals surface area contributed by atoms with Crippen molar-refractivity contribution < 1.29 is 0 Å². The highest BCUT2D eigenvalue weighted by Gasteiger charge is 2.11. The normalized spacial score (nSPS) is 12.2. The monoisotopic (exact) mass is 316 g/mol. The smallest absolute Gasteiger partial charge is 0.161 e. The summed E-state index contributed by atoms with van der Waals surface area (Å²) in [5.74, 6) is 6.32. The molecule has 0 saturated carbocycles. The number of aromatic nitrogens is 1. The van der Waals surface area contributed by atoms with E-state index < -0.39 is 0 Å². The molecule has 0 aromatic carbocycles. The van der Waals surface area contributed by atoms with Crippen LogP contribution in [-0.2, 0) is 6.42 Å². The first-order valence-electron chi connectivity index (χ1n) is 5.71. The molecule has 1 unspecified atom stereocenters. The molecule has 2 aromatic rings. The molecule has 4 N–H and O–H groups in total. The van der Waals surface area contributed by atoms with Crippen LogP contribution >= 0.6 is 34.5 Å². The van der Waals surface area contributed by atoms with Crippen LogP contribution in [0.3, 0.4) is 0 Å². The van der Waals surface area contributed by atoms with E-state index in [0.29, 0.717) is 21.7 Å². The van der Waals surface area contributed by atoms with Crippen LogP contribution in [0.1, 0.15) is 11.8 Å². The second kappa shape index (κ2) is 6.43. The topological polar surface area (TPSA) is 63.0 Å². The minimum Gasteiger partial charge on any atom is -0.366 e. The summed E-state index contributed by atoms with van der Waals surface area (Å²) < 4.78 is 0. The van der Waals surface area contributed by atoms with Gasteiger partial charge >= 0.3 is 0 Å². The summed E-state index contributed by atoms with van der Waals surface area (Å²) in [7, 11) is 0. The van der Waals surface area contributed by atoms with E-state index in [-0.39, 0.29) is 6.04 Å². The zero-order valence-corrected chi connectivity index (χ0v) is 12.6. The maximum atomic E-state index is 6.11. The molecule has 0 radical (unpaired) electrons. The first-order chi connectivity index (χ1) is 9.10. The van der Waals surface area contributed by atoms with Gasteiger partial charge in [-0.05, 0) is 24.4 Å². The second-order valence-electron chi connectivity index (χ2n) is 4.12. The van der Waals surface area contributed by atoms with Gasteiger partial charge in [-0.1, -0.05) is 29.3 Å². The lowest BCUT2D eigenvalue weighted by atomic mass is 10.2. The molecule has 0 aliphatic heterocycles. The number of hydrogen-bond donors (Lipinski definition) is 3. The van der Waals surface area contributed by atoms with Gasteiger partial charge in [0.25, 0.3) is 0 Å². The first-order valence-corrected chi connectivity index (χ1v) is 7.35. The van der Waals surface area contributed by atoms with E-state index in [1.165, 1.54) is 4.88 Å². The van der Waals surface area contributed by atoms with E-state index in [0.717, 1.165) is 6.42 Å². The zero-order valence-electron chi connectivity index (χ0n) is 10.3. The van der Waals surface area contributed by atoms with Gasteiger partial charge < -0.3 is 10.7 Å². The molecule has 102 valence electrons. The van der Waals surface area contributed by atoms with E-state index in [9.17, 15) is 0 Å². The number of nitrogens with one attached hydrogen (secondary N) is 2. The standard InChI is InChI=1S/C12H14Cl2N4S/c1-7(5-8-3-2-4-19-8)16-11-9(13)6-10(14)12(17-11)18-15/h2-4,6-7H,5,15H2,1H3,(H2,16,17,18). The van der Waals surface area contributed by atoms with Crippen LogP contribution in [0.2, 0.25) is 10.0 Å². The van der Waals surface area contributed by atoms with Crippen molar-refractivity contribution >= 4 is 46.2 Å². The van der Waals surface area contributed by atoms with Gasteiger partial charge in [0.1, 0.15) is 5.82 Å². The van der Waals surface area contributed by atoms with Crippen molar-refractivity contribution in [3.8, 4) is 0 Å². The Bertz CT molecular complexity index is 545. The molecule has 19 heavy (non-hydrogen) atoms. The quantitative estimate of drug-likeness (QED) is 0.580. The highest BCUT2D eigenvalue weighted by molar-refractivity contribution is 7.09.